The van der Waals surface area contributed by atoms with E-state index in [2.05, 4.69) is 5.10 Å². The highest BCUT2D eigenvalue weighted by molar-refractivity contribution is 5.70. The Balaban J connectivity index is 2.01. The van der Waals surface area contributed by atoms with Gasteiger partial charge < -0.3 is 10.5 Å². The smallest absolute Gasteiger partial charge is 0.328 e. The largest absolute Gasteiger partial charge is 0.456 e. The SMILES string of the molecule is Cc1nn(CC(=O)OC(C)c2ccccc2)c(C)c1N. The fraction of sp³-hybridized carbons (Fsp3) is 0.333. The third kappa shape index (κ3) is 2.99. The van der Waals surface area contributed by atoms with Crippen LogP contribution in [0.2, 0.25) is 0 Å². The predicted octanol–water partition coefficient (Wildman–Crippen LogP) is 2.39. The van der Waals surface area contributed by atoms with E-state index >= 15 is 0 Å². The fourth-order valence-corrected chi connectivity index (χ4v) is 2.01. The van der Waals surface area contributed by atoms with E-state index < -0.39 is 0 Å². The summed E-state index contributed by atoms with van der Waals surface area (Å²) in [5, 5.41) is 4.22. The topological polar surface area (TPSA) is 70.1 Å². The van der Waals surface area contributed by atoms with Gasteiger partial charge in [0.15, 0.2) is 0 Å². The second-order valence-corrected chi connectivity index (χ2v) is 4.78. The number of rotatable bonds is 4. The molecule has 20 heavy (non-hydrogen) atoms. The van der Waals surface area contributed by atoms with Gasteiger partial charge in [0.05, 0.1) is 17.1 Å². The molecule has 2 aromatic rings. The third-order valence-electron chi connectivity index (χ3n) is 3.29. The molecule has 0 aliphatic heterocycles. The summed E-state index contributed by atoms with van der Waals surface area (Å²) in [6, 6.07) is 9.62. The number of hydrogen-bond donors (Lipinski definition) is 1. The summed E-state index contributed by atoms with van der Waals surface area (Å²) >= 11 is 0. The number of benzene rings is 1. The molecule has 1 aromatic heterocycles. The van der Waals surface area contributed by atoms with Gasteiger partial charge in [0.25, 0.3) is 0 Å². The van der Waals surface area contributed by atoms with Gasteiger partial charge in [0.2, 0.25) is 0 Å². The van der Waals surface area contributed by atoms with Crippen molar-refractivity contribution in [3.05, 3.63) is 47.3 Å². The number of ether oxygens (including phenoxy) is 1. The lowest BCUT2D eigenvalue weighted by atomic mass is 10.1. The number of nitrogens with zero attached hydrogens (tertiary/aromatic N) is 2. The van der Waals surface area contributed by atoms with Crippen LogP contribution in [0.3, 0.4) is 0 Å². The lowest BCUT2D eigenvalue weighted by Crippen LogP contribution is -2.17. The van der Waals surface area contributed by atoms with E-state index in [9.17, 15) is 4.79 Å². The number of anilines is 1. The quantitative estimate of drug-likeness (QED) is 0.868. The molecule has 2 rings (SSSR count). The van der Waals surface area contributed by atoms with Crippen molar-refractivity contribution >= 4 is 11.7 Å². The van der Waals surface area contributed by atoms with E-state index in [-0.39, 0.29) is 18.6 Å². The summed E-state index contributed by atoms with van der Waals surface area (Å²) < 4.78 is 6.98. The molecule has 0 amide bonds. The van der Waals surface area contributed by atoms with Gasteiger partial charge in [-0.05, 0) is 26.3 Å². The lowest BCUT2D eigenvalue weighted by Gasteiger charge is -2.14. The van der Waals surface area contributed by atoms with Crippen LogP contribution in [-0.4, -0.2) is 15.7 Å². The normalized spacial score (nSPS) is 12.2. The van der Waals surface area contributed by atoms with E-state index in [0.29, 0.717) is 5.69 Å². The van der Waals surface area contributed by atoms with Gasteiger partial charge in [-0.3, -0.25) is 9.48 Å². The van der Waals surface area contributed by atoms with Gasteiger partial charge in [-0.15, -0.1) is 0 Å². The second kappa shape index (κ2) is 5.77. The summed E-state index contributed by atoms with van der Waals surface area (Å²) in [5.41, 5.74) is 8.93. The molecule has 2 N–H and O–H groups in total. The first-order valence-electron chi connectivity index (χ1n) is 6.53. The van der Waals surface area contributed by atoms with Gasteiger partial charge in [0, 0.05) is 0 Å². The van der Waals surface area contributed by atoms with Crippen LogP contribution in [0.4, 0.5) is 5.69 Å². The van der Waals surface area contributed by atoms with Crippen LogP contribution in [-0.2, 0) is 16.1 Å². The minimum Gasteiger partial charge on any atom is -0.456 e. The van der Waals surface area contributed by atoms with Crippen molar-refractivity contribution in [1.82, 2.24) is 9.78 Å². The maximum absolute atomic E-state index is 11.9. The third-order valence-corrected chi connectivity index (χ3v) is 3.29. The monoisotopic (exact) mass is 273 g/mol. The number of aromatic nitrogens is 2. The Hall–Kier alpha value is -2.30. The molecule has 5 heteroatoms. The van der Waals surface area contributed by atoms with Crippen molar-refractivity contribution in [3.63, 3.8) is 0 Å². The zero-order valence-electron chi connectivity index (χ0n) is 12.0. The maximum Gasteiger partial charge on any atom is 0.328 e. The number of esters is 1. The summed E-state index contributed by atoms with van der Waals surface area (Å²) in [4.78, 5) is 11.9. The summed E-state index contributed by atoms with van der Waals surface area (Å²) in [7, 11) is 0. The number of nitrogen functional groups attached to an aromatic ring is 1. The Morgan fingerprint density at radius 3 is 2.55 bits per heavy atom. The standard InChI is InChI=1S/C15H19N3O2/c1-10-15(16)11(2)18(17-10)9-14(19)20-12(3)13-7-5-4-6-8-13/h4-8,12H,9,16H2,1-3H3. The van der Waals surface area contributed by atoms with E-state index in [1.807, 2.05) is 51.1 Å². The molecule has 106 valence electrons. The Kier molecular flexibility index (Phi) is 4.08. The molecule has 1 atom stereocenters. The number of nitrogens with two attached hydrogens (primary N) is 1. The summed E-state index contributed by atoms with van der Waals surface area (Å²) in [5.74, 6) is -0.327. The van der Waals surface area contributed by atoms with Crippen molar-refractivity contribution in [2.45, 2.75) is 33.4 Å². The van der Waals surface area contributed by atoms with Gasteiger partial charge >= 0.3 is 5.97 Å². The van der Waals surface area contributed by atoms with Crippen molar-refractivity contribution in [2.24, 2.45) is 0 Å². The Labute approximate surface area is 118 Å². The molecule has 0 aliphatic rings. The van der Waals surface area contributed by atoms with Crippen molar-refractivity contribution < 1.29 is 9.53 Å². The number of hydrogen-bond acceptors (Lipinski definition) is 4. The van der Waals surface area contributed by atoms with Crippen molar-refractivity contribution in [3.8, 4) is 0 Å². The van der Waals surface area contributed by atoms with Crippen LogP contribution in [0.5, 0.6) is 0 Å². The minimum absolute atomic E-state index is 0.0705. The highest BCUT2D eigenvalue weighted by Gasteiger charge is 2.15. The van der Waals surface area contributed by atoms with E-state index in [1.54, 1.807) is 4.68 Å². The molecular formula is C15H19N3O2. The highest BCUT2D eigenvalue weighted by Crippen LogP contribution is 2.18. The average molecular weight is 273 g/mol. The minimum atomic E-state index is -0.327. The molecule has 0 fully saturated rings. The fourth-order valence-electron chi connectivity index (χ4n) is 2.01. The number of carbonyl (C=O) groups excluding carboxylic acids is 1. The predicted molar refractivity (Wildman–Crippen MR) is 77.1 cm³/mol. The zero-order chi connectivity index (χ0) is 14.7. The molecule has 0 aliphatic carbocycles. The summed E-state index contributed by atoms with van der Waals surface area (Å²) in [6.07, 6.45) is -0.280. The van der Waals surface area contributed by atoms with Gasteiger partial charge in [0.1, 0.15) is 12.6 Å². The van der Waals surface area contributed by atoms with Crippen LogP contribution in [0, 0.1) is 13.8 Å². The Morgan fingerprint density at radius 1 is 1.35 bits per heavy atom. The molecule has 0 radical (unpaired) electrons. The van der Waals surface area contributed by atoms with Crippen LogP contribution >= 0.6 is 0 Å². The summed E-state index contributed by atoms with van der Waals surface area (Å²) in [6.45, 7) is 5.57. The molecule has 0 spiro atoms. The van der Waals surface area contributed by atoms with Gasteiger partial charge in [-0.1, -0.05) is 30.3 Å². The molecule has 0 saturated carbocycles. The highest BCUT2D eigenvalue weighted by atomic mass is 16.5. The molecule has 1 unspecified atom stereocenters. The lowest BCUT2D eigenvalue weighted by molar-refractivity contribution is -0.149. The molecule has 0 bridgehead atoms. The van der Waals surface area contributed by atoms with Gasteiger partial charge in [-0.2, -0.15) is 5.10 Å². The molecule has 0 saturated heterocycles. The average Bonchev–Trinajstić information content (AvgIpc) is 2.67. The first-order chi connectivity index (χ1) is 9.49. The van der Waals surface area contributed by atoms with E-state index in [4.69, 9.17) is 10.5 Å². The molecule has 1 aromatic carbocycles. The zero-order valence-corrected chi connectivity index (χ0v) is 12.0. The van der Waals surface area contributed by atoms with Crippen LogP contribution in [0.25, 0.3) is 0 Å². The molecule has 5 nitrogen and oxygen atoms in total. The number of aryl methyl sites for hydroxylation is 1. The molecule has 1 heterocycles. The van der Waals surface area contributed by atoms with E-state index in [1.165, 1.54) is 0 Å². The van der Waals surface area contributed by atoms with Crippen molar-refractivity contribution in [1.29, 1.82) is 0 Å². The molecular weight excluding hydrogens is 254 g/mol. The maximum atomic E-state index is 11.9. The van der Waals surface area contributed by atoms with Crippen LogP contribution in [0.15, 0.2) is 30.3 Å². The Bertz CT molecular complexity index is 605. The van der Waals surface area contributed by atoms with Crippen molar-refractivity contribution in [2.75, 3.05) is 5.73 Å². The van der Waals surface area contributed by atoms with E-state index in [0.717, 1.165) is 17.0 Å². The van der Waals surface area contributed by atoms with Gasteiger partial charge in [-0.25, -0.2) is 0 Å². The Morgan fingerprint density at radius 2 is 2.00 bits per heavy atom. The first-order valence-corrected chi connectivity index (χ1v) is 6.53. The van der Waals surface area contributed by atoms with Crippen LogP contribution < -0.4 is 5.73 Å². The van der Waals surface area contributed by atoms with Crippen LogP contribution in [0.1, 0.15) is 30.0 Å². The first kappa shape index (κ1) is 14.1. The number of carbonyl (C=O) groups is 1. The second-order valence-electron chi connectivity index (χ2n) is 4.78.